The number of anilines is 1. The van der Waals surface area contributed by atoms with Crippen LogP contribution in [0.5, 0.6) is 0 Å². The Morgan fingerprint density at radius 3 is 2.43 bits per heavy atom. The van der Waals surface area contributed by atoms with Gasteiger partial charge in [0.1, 0.15) is 18.0 Å². The first-order valence-corrected chi connectivity index (χ1v) is 7.00. The maximum atomic E-state index is 13.1. The molecule has 0 saturated carbocycles. The summed E-state index contributed by atoms with van der Waals surface area (Å²) in [6.07, 6.45) is 0. The van der Waals surface area contributed by atoms with Crippen LogP contribution in [0.4, 0.5) is 10.1 Å². The van der Waals surface area contributed by atoms with Gasteiger partial charge in [0.25, 0.3) is 0 Å². The average molecular weight is 344 g/mol. The van der Waals surface area contributed by atoms with E-state index in [1.54, 1.807) is 24.3 Å². The van der Waals surface area contributed by atoms with E-state index in [1.807, 2.05) is 19.1 Å². The Morgan fingerprint density at radius 2 is 1.81 bits per heavy atom. The van der Waals surface area contributed by atoms with Crippen molar-refractivity contribution in [3.8, 4) is 12.1 Å². The molecule has 0 aliphatic heterocycles. The van der Waals surface area contributed by atoms with Crippen LogP contribution in [0.15, 0.2) is 40.9 Å². The molecule has 3 nitrogen and oxygen atoms in total. The Labute approximate surface area is 130 Å². The fraction of sp³-hybridized carbons (Fsp3) is 0.125. The molecule has 0 aliphatic rings. The summed E-state index contributed by atoms with van der Waals surface area (Å²) in [6, 6.07) is 13.4. The standard InChI is InChI=1S/C16H11BrFN3/c1-10(15-5-3-13(18)7-16(15)17)21-14-4-2-11(8-19)12(6-14)9-20/h2-7,10,21H,1H3. The fourth-order valence-electron chi connectivity index (χ4n) is 2.00. The summed E-state index contributed by atoms with van der Waals surface area (Å²) in [7, 11) is 0. The molecular formula is C16H11BrFN3. The van der Waals surface area contributed by atoms with Crippen LogP contribution in [-0.4, -0.2) is 0 Å². The highest BCUT2D eigenvalue weighted by Crippen LogP contribution is 2.27. The smallest absolute Gasteiger partial charge is 0.124 e. The minimum absolute atomic E-state index is 0.0838. The second-order valence-electron chi connectivity index (χ2n) is 4.52. The summed E-state index contributed by atoms with van der Waals surface area (Å²) in [5, 5.41) is 21.2. The molecule has 2 rings (SSSR count). The van der Waals surface area contributed by atoms with E-state index in [9.17, 15) is 4.39 Å². The van der Waals surface area contributed by atoms with Crippen LogP contribution in [0.3, 0.4) is 0 Å². The van der Waals surface area contributed by atoms with Crippen molar-refractivity contribution < 1.29 is 4.39 Å². The number of halogens is 2. The minimum Gasteiger partial charge on any atom is -0.378 e. The molecule has 1 unspecified atom stereocenters. The lowest BCUT2D eigenvalue weighted by Gasteiger charge is -2.17. The summed E-state index contributed by atoms with van der Waals surface area (Å²) in [5.74, 6) is -0.303. The number of benzene rings is 2. The van der Waals surface area contributed by atoms with E-state index in [-0.39, 0.29) is 11.9 Å². The Morgan fingerprint density at radius 1 is 1.10 bits per heavy atom. The van der Waals surface area contributed by atoms with E-state index in [4.69, 9.17) is 10.5 Å². The third-order valence-electron chi connectivity index (χ3n) is 3.07. The molecule has 2 aromatic carbocycles. The highest BCUT2D eigenvalue weighted by atomic mass is 79.9. The van der Waals surface area contributed by atoms with Gasteiger partial charge >= 0.3 is 0 Å². The number of nitrogens with zero attached hydrogens (tertiary/aromatic N) is 2. The van der Waals surface area contributed by atoms with Gasteiger partial charge in [0.2, 0.25) is 0 Å². The third-order valence-corrected chi connectivity index (χ3v) is 3.76. The molecule has 0 bridgehead atoms. The Kier molecular flexibility index (Phi) is 4.57. The predicted molar refractivity (Wildman–Crippen MR) is 82.0 cm³/mol. The van der Waals surface area contributed by atoms with Gasteiger partial charge < -0.3 is 5.32 Å². The van der Waals surface area contributed by atoms with Crippen molar-refractivity contribution in [2.75, 3.05) is 5.32 Å². The summed E-state index contributed by atoms with van der Waals surface area (Å²) in [6.45, 7) is 1.93. The zero-order chi connectivity index (χ0) is 15.4. The van der Waals surface area contributed by atoms with E-state index in [0.29, 0.717) is 15.6 Å². The maximum absolute atomic E-state index is 13.1. The number of hydrogen-bond acceptors (Lipinski definition) is 3. The van der Waals surface area contributed by atoms with E-state index in [2.05, 4.69) is 21.2 Å². The maximum Gasteiger partial charge on any atom is 0.124 e. The van der Waals surface area contributed by atoms with Crippen LogP contribution >= 0.6 is 15.9 Å². The zero-order valence-corrected chi connectivity index (χ0v) is 12.8. The largest absolute Gasteiger partial charge is 0.378 e. The van der Waals surface area contributed by atoms with Crippen LogP contribution in [0.2, 0.25) is 0 Å². The highest BCUT2D eigenvalue weighted by molar-refractivity contribution is 9.10. The molecule has 0 fully saturated rings. The summed E-state index contributed by atoms with van der Waals surface area (Å²) in [4.78, 5) is 0. The molecule has 0 radical (unpaired) electrons. The van der Waals surface area contributed by atoms with E-state index < -0.39 is 0 Å². The van der Waals surface area contributed by atoms with Crippen molar-refractivity contribution in [2.24, 2.45) is 0 Å². The van der Waals surface area contributed by atoms with Crippen molar-refractivity contribution in [1.29, 1.82) is 10.5 Å². The Balaban J connectivity index is 2.26. The summed E-state index contributed by atoms with van der Waals surface area (Å²) in [5.41, 5.74) is 2.31. The first-order valence-electron chi connectivity index (χ1n) is 6.21. The molecule has 5 heteroatoms. The molecule has 0 aliphatic carbocycles. The van der Waals surface area contributed by atoms with Crippen molar-refractivity contribution in [3.05, 3.63) is 63.4 Å². The average Bonchev–Trinajstić information content (AvgIpc) is 2.46. The second-order valence-corrected chi connectivity index (χ2v) is 5.37. The highest BCUT2D eigenvalue weighted by Gasteiger charge is 2.11. The molecule has 0 aromatic heterocycles. The Bertz CT molecular complexity index is 759. The van der Waals surface area contributed by atoms with Gasteiger partial charge in [-0.2, -0.15) is 10.5 Å². The van der Waals surface area contributed by atoms with Gasteiger partial charge in [-0.1, -0.05) is 22.0 Å². The molecule has 0 amide bonds. The normalized spacial score (nSPS) is 11.3. The first kappa shape index (κ1) is 15.0. The summed E-state index contributed by atoms with van der Waals surface area (Å²) < 4.78 is 13.8. The van der Waals surface area contributed by atoms with Crippen LogP contribution in [0, 0.1) is 28.5 Å². The SMILES string of the molecule is CC(Nc1ccc(C#N)c(C#N)c1)c1ccc(F)cc1Br. The lowest BCUT2D eigenvalue weighted by atomic mass is 10.1. The Hall–Kier alpha value is -2.37. The van der Waals surface area contributed by atoms with Crippen molar-refractivity contribution in [1.82, 2.24) is 0 Å². The van der Waals surface area contributed by atoms with Gasteiger partial charge in [0, 0.05) is 16.2 Å². The number of hydrogen-bond donors (Lipinski definition) is 1. The molecular weight excluding hydrogens is 333 g/mol. The monoisotopic (exact) mass is 343 g/mol. The van der Waals surface area contributed by atoms with Gasteiger partial charge in [-0.05, 0) is 42.8 Å². The van der Waals surface area contributed by atoms with Crippen LogP contribution in [-0.2, 0) is 0 Å². The third kappa shape index (κ3) is 3.39. The summed E-state index contributed by atoms with van der Waals surface area (Å²) >= 11 is 3.34. The van der Waals surface area contributed by atoms with Gasteiger partial charge in [-0.25, -0.2) is 4.39 Å². The molecule has 2 aromatic rings. The van der Waals surface area contributed by atoms with E-state index in [1.165, 1.54) is 12.1 Å². The van der Waals surface area contributed by atoms with Gasteiger partial charge in [0.15, 0.2) is 0 Å². The number of nitrogens with one attached hydrogen (secondary N) is 1. The van der Waals surface area contributed by atoms with Gasteiger partial charge in [-0.3, -0.25) is 0 Å². The fourth-order valence-corrected chi connectivity index (χ4v) is 2.70. The van der Waals surface area contributed by atoms with Crippen LogP contribution in [0.1, 0.15) is 29.7 Å². The molecule has 0 saturated heterocycles. The lowest BCUT2D eigenvalue weighted by molar-refractivity contribution is 0.625. The van der Waals surface area contributed by atoms with Crippen molar-refractivity contribution >= 4 is 21.6 Å². The number of nitriles is 2. The van der Waals surface area contributed by atoms with Gasteiger partial charge in [-0.15, -0.1) is 0 Å². The van der Waals surface area contributed by atoms with E-state index >= 15 is 0 Å². The van der Waals surface area contributed by atoms with Crippen LogP contribution in [0.25, 0.3) is 0 Å². The lowest BCUT2D eigenvalue weighted by Crippen LogP contribution is -2.07. The number of rotatable bonds is 3. The van der Waals surface area contributed by atoms with Crippen LogP contribution < -0.4 is 5.32 Å². The van der Waals surface area contributed by atoms with Gasteiger partial charge in [0.05, 0.1) is 11.1 Å². The zero-order valence-electron chi connectivity index (χ0n) is 11.2. The predicted octanol–water partition coefficient (Wildman–Crippen LogP) is 4.50. The second kappa shape index (κ2) is 6.39. The first-order chi connectivity index (χ1) is 10.0. The quantitative estimate of drug-likeness (QED) is 0.892. The van der Waals surface area contributed by atoms with E-state index in [0.717, 1.165) is 11.3 Å². The molecule has 0 heterocycles. The topological polar surface area (TPSA) is 59.6 Å². The van der Waals surface area contributed by atoms with Crippen molar-refractivity contribution in [3.63, 3.8) is 0 Å². The molecule has 0 spiro atoms. The minimum atomic E-state index is -0.303. The molecule has 21 heavy (non-hydrogen) atoms. The molecule has 1 atom stereocenters. The molecule has 1 N–H and O–H groups in total. The van der Waals surface area contributed by atoms with Crippen molar-refractivity contribution in [2.45, 2.75) is 13.0 Å². The molecule has 104 valence electrons.